The van der Waals surface area contributed by atoms with E-state index >= 15 is 0 Å². The third kappa shape index (κ3) is 2.14. The maximum Gasteiger partial charge on any atom is 0.151 e. The van der Waals surface area contributed by atoms with E-state index in [1.54, 1.807) is 10.9 Å². The van der Waals surface area contributed by atoms with E-state index in [2.05, 4.69) is 26.0 Å². The van der Waals surface area contributed by atoms with Gasteiger partial charge in [-0.2, -0.15) is 5.10 Å². The second-order valence-electron chi connectivity index (χ2n) is 3.68. The van der Waals surface area contributed by atoms with Gasteiger partial charge in [0, 0.05) is 39.9 Å². The quantitative estimate of drug-likeness (QED) is 0.570. The minimum absolute atomic E-state index is 0. The van der Waals surface area contributed by atoms with Gasteiger partial charge in [-0.1, -0.05) is 11.6 Å². The van der Waals surface area contributed by atoms with Gasteiger partial charge in [0.1, 0.15) is 0 Å². The number of nitrogens with zero attached hydrogens (tertiary/aromatic N) is 4. The first kappa shape index (κ1) is 13.8. The molecule has 3 rings (SSSR count). The molecule has 0 aromatic carbocycles. The Morgan fingerprint density at radius 3 is 2.78 bits per heavy atom. The molecule has 0 saturated carbocycles. The van der Waals surface area contributed by atoms with Gasteiger partial charge in [-0.25, -0.2) is 4.98 Å². The van der Waals surface area contributed by atoms with Gasteiger partial charge in [-0.15, -0.1) is 0 Å². The summed E-state index contributed by atoms with van der Waals surface area (Å²) in [6.07, 6.45) is 5.42. The van der Waals surface area contributed by atoms with Crippen molar-refractivity contribution < 1.29 is 20.4 Å². The van der Waals surface area contributed by atoms with Crippen LogP contribution in [0.4, 0.5) is 0 Å². The molecule has 18 heavy (non-hydrogen) atoms. The van der Waals surface area contributed by atoms with Crippen molar-refractivity contribution in [2.24, 2.45) is 7.05 Å². The summed E-state index contributed by atoms with van der Waals surface area (Å²) in [4.78, 5) is 4.37. The molecule has 0 unspecified atom stereocenters. The Hall–Kier alpha value is -0.668. The maximum absolute atomic E-state index is 6.05. The predicted octanol–water partition coefficient (Wildman–Crippen LogP) is 3.15. The van der Waals surface area contributed by atoms with E-state index in [-0.39, 0.29) is 20.4 Å². The van der Waals surface area contributed by atoms with Gasteiger partial charge >= 0.3 is 0 Å². The molecule has 3 aromatic heterocycles. The number of hydrogen-bond acceptors (Lipinski definition) is 2. The first-order chi connectivity index (χ1) is 8.16. The van der Waals surface area contributed by atoms with Gasteiger partial charge in [-0.3, -0.25) is 9.08 Å². The summed E-state index contributed by atoms with van der Waals surface area (Å²) in [6.45, 7) is 0. The van der Waals surface area contributed by atoms with Crippen LogP contribution in [0.1, 0.15) is 0 Å². The van der Waals surface area contributed by atoms with E-state index in [1.807, 2.05) is 36.0 Å². The van der Waals surface area contributed by atoms with Crippen LogP contribution in [-0.4, -0.2) is 19.2 Å². The summed E-state index contributed by atoms with van der Waals surface area (Å²) < 4.78 is 4.63. The third-order valence-electron chi connectivity index (χ3n) is 2.61. The third-order valence-corrected chi connectivity index (χ3v) is 3.40. The first-order valence-corrected chi connectivity index (χ1v) is 6.14. The Bertz CT molecular complexity index is 706. The van der Waals surface area contributed by atoms with Crippen LogP contribution in [-0.2, 0) is 27.5 Å². The van der Waals surface area contributed by atoms with Crippen molar-refractivity contribution in [3.05, 3.63) is 40.2 Å². The number of hydrogen-bond donors (Lipinski definition) is 0. The average molecular weight is 418 g/mol. The monoisotopic (exact) mass is 416 g/mol. The zero-order valence-corrected chi connectivity index (χ0v) is 13.1. The molecule has 0 amide bonds. The van der Waals surface area contributed by atoms with E-state index in [0.717, 1.165) is 21.5 Å². The molecule has 0 saturated heterocycles. The average Bonchev–Trinajstić information content (AvgIpc) is 2.84. The van der Waals surface area contributed by atoms with Crippen LogP contribution in [0.3, 0.4) is 0 Å². The number of fused-ring (bicyclic) bond motifs is 1. The zero-order chi connectivity index (χ0) is 12.0. The summed E-state index contributed by atoms with van der Waals surface area (Å²) in [5.41, 5.74) is 2.79. The SMILES string of the molecule is Cn1nccc1-c1cnc2c(Br)cc(Cl)cn12.[Pd]. The smallest absolute Gasteiger partial charge is 0.151 e. The van der Waals surface area contributed by atoms with Gasteiger partial charge in [0.05, 0.1) is 27.1 Å². The normalized spacial score (nSPS) is 10.6. The van der Waals surface area contributed by atoms with Crippen LogP contribution in [0.2, 0.25) is 5.02 Å². The van der Waals surface area contributed by atoms with Gasteiger partial charge in [0.25, 0.3) is 0 Å². The topological polar surface area (TPSA) is 35.1 Å². The van der Waals surface area contributed by atoms with Crippen LogP contribution in [0.25, 0.3) is 17.0 Å². The van der Waals surface area contributed by atoms with Crippen LogP contribution in [0, 0.1) is 0 Å². The molecule has 0 bridgehead atoms. The molecule has 4 nitrogen and oxygen atoms in total. The molecule has 0 radical (unpaired) electrons. The molecule has 0 fully saturated rings. The fraction of sp³-hybridized carbons (Fsp3) is 0.0909. The number of imidazole rings is 1. The van der Waals surface area contributed by atoms with Gasteiger partial charge in [0.2, 0.25) is 0 Å². The molecule has 0 N–H and O–H groups in total. The van der Waals surface area contributed by atoms with E-state index in [1.165, 1.54) is 0 Å². The van der Waals surface area contributed by atoms with Gasteiger partial charge in [0.15, 0.2) is 5.65 Å². The minimum atomic E-state index is 0. The van der Waals surface area contributed by atoms with Crippen molar-refractivity contribution in [2.75, 3.05) is 0 Å². The molecule has 0 aliphatic heterocycles. The number of aromatic nitrogens is 4. The van der Waals surface area contributed by atoms with Crippen molar-refractivity contribution >= 4 is 33.2 Å². The first-order valence-electron chi connectivity index (χ1n) is 4.97. The van der Waals surface area contributed by atoms with Crippen LogP contribution in [0.15, 0.2) is 35.2 Å². The zero-order valence-electron chi connectivity index (χ0n) is 9.25. The van der Waals surface area contributed by atoms with Crippen molar-refractivity contribution in [1.82, 2.24) is 19.2 Å². The summed E-state index contributed by atoms with van der Waals surface area (Å²) >= 11 is 9.51. The molecule has 7 heteroatoms. The summed E-state index contributed by atoms with van der Waals surface area (Å²) in [6, 6.07) is 3.77. The van der Waals surface area contributed by atoms with E-state index in [9.17, 15) is 0 Å². The van der Waals surface area contributed by atoms with Crippen molar-refractivity contribution in [3.8, 4) is 11.4 Å². The number of pyridine rings is 1. The van der Waals surface area contributed by atoms with Crippen LogP contribution in [0.5, 0.6) is 0 Å². The van der Waals surface area contributed by atoms with Crippen molar-refractivity contribution in [1.29, 1.82) is 0 Å². The Labute approximate surface area is 131 Å². The second kappa shape index (κ2) is 5.14. The molecule has 0 atom stereocenters. The molecule has 96 valence electrons. The molecule has 3 aromatic rings. The number of rotatable bonds is 1. The van der Waals surface area contributed by atoms with Gasteiger partial charge < -0.3 is 0 Å². The largest absolute Gasteiger partial charge is 0.296 e. The Kier molecular flexibility index (Phi) is 3.93. The fourth-order valence-corrected chi connectivity index (χ4v) is 2.71. The van der Waals surface area contributed by atoms with E-state index in [0.29, 0.717) is 5.02 Å². The summed E-state index contributed by atoms with van der Waals surface area (Å²) in [5, 5.41) is 4.81. The standard InChI is InChI=1S/C11H8BrClN4.Pd/c1-16-9(2-3-15-16)10-5-14-11-8(12)4-7(13)6-17(10)11;/h2-6H,1H3;. The number of aryl methyl sites for hydroxylation is 1. The maximum atomic E-state index is 6.05. The van der Waals surface area contributed by atoms with Crippen LogP contribution < -0.4 is 0 Å². The van der Waals surface area contributed by atoms with E-state index in [4.69, 9.17) is 11.6 Å². The molecular formula is C11H8BrClN4Pd. The second-order valence-corrected chi connectivity index (χ2v) is 4.97. The van der Waals surface area contributed by atoms with Gasteiger partial charge in [-0.05, 0) is 28.1 Å². The fourth-order valence-electron chi connectivity index (χ4n) is 1.83. The predicted molar refractivity (Wildman–Crippen MR) is 70.1 cm³/mol. The molecule has 0 aliphatic rings. The summed E-state index contributed by atoms with van der Waals surface area (Å²) in [5.74, 6) is 0. The Morgan fingerprint density at radius 2 is 2.11 bits per heavy atom. The molecule has 3 heterocycles. The van der Waals surface area contributed by atoms with Crippen LogP contribution >= 0.6 is 27.5 Å². The molecule has 0 aliphatic carbocycles. The molecule has 0 spiro atoms. The number of halogens is 2. The Morgan fingerprint density at radius 1 is 1.33 bits per heavy atom. The molecular weight excluding hydrogens is 410 g/mol. The minimum Gasteiger partial charge on any atom is -0.296 e. The van der Waals surface area contributed by atoms with E-state index < -0.39 is 0 Å². The Balaban J connectivity index is 0.00000120. The van der Waals surface area contributed by atoms with Crippen molar-refractivity contribution in [2.45, 2.75) is 0 Å². The summed E-state index contributed by atoms with van der Waals surface area (Å²) in [7, 11) is 1.90. The van der Waals surface area contributed by atoms with Crippen molar-refractivity contribution in [3.63, 3.8) is 0 Å².